The fraction of sp³-hybridized carbons (Fsp3) is 0.476. The Bertz CT molecular complexity index is 919. The predicted octanol–water partition coefficient (Wildman–Crippen LogP) is 4.86. The molecule has 2 aromatic rings. The van der Waals surface area contributed by atoms with Crippen LogP contribution in [0.25, 0.3) is 5.69 Å². The molecule has 0 aliphatic heterocycles. The normalized spacial score (nSPS) is 11.5. The van der Waals surface area contributed by atoms with E-state index in [0.717, 1.165) is 5.69 Å². The van der Waals surface area contributed by atoms with E-state index in [1.807, 2.05) is 47.6 Å². The zero-order valence-electron chi connectivity index (χ0n) is 18.2. The molecule has 30 heavy (non-hydrogen) atoms. The Hall–Kier alpha value is -2.25. The molecule has 0 aliphatic carbocycles. The molecule has 2 rings (SSSR count). The minimum absolute atomic E-state index is 0.0824. The van der Waals surface area contributed by atoms with E-state index in [1.165, 1.54) is 4.90 Å². The first-order valence-corrected chi connectivity index (χ1v) is 10.6. The van der Waals surface area contributed by atoms with Crippen LogP contribution in [-0.4, -0.2) is 45.8 Å². The van der Waals surface area contributed by atoms with Gasteiger partial charge in [0.15, 0.2) is 0 Å². The molecule has 0 atom stereocenters. The van der Waals surface area contributed by atoms with Gasteiger partial charge in [-0.3, -0.25) is 4.79 Å². The first-order chi connectivity index (χ1) is 13.9. The van der Waals surface area contributed by atoms with Gasteiger partial charge in [0.2, 0.25) is 5.91 Å². The van der Waals surface area contributed by atoms with Crippen molar-refractivity contribution in [3.8, 4) is 5.69 Å². The lowest BCUT2D eigenvalue weighted by Gasteiger charge is -2.26. The van der Waals surface area contributed by atoms with Crippen molar-refractivity contribution in [1.29, 1.82) is 0 Å². The second kappa shape index (κ2) is 9.71. The van der Waals surface area contributed by atoms with E-state index in [0.29, 0.717) is 28.1 Å². The van der Waals surface area contributed by atoms with Crippen LogP contribution in [0.3, 0.4) is 0 Å². The molecular formula is C21H29Cl2N5O2. The average molecular weight is 454 g/mol. The van der Waals surface area contributed by atoms with Crippen molar-refractivity contribution in [2.45, 2.75) is 53.0 Å². The number of hydrogen-bond donors (Lipinski definition) is 2. The number of urea groups is 1. The fourth-order valence-electron chi connectivity index (χ4n) is 2.73. The highest BCUT2D eigenvalue weighted by atomic mass is 35.5. The van der Waals surface area contributed by atoms with Gasteiger partial charge in [-0.2, -0.15) is 5.10 Å². The molecule has 1 heterocycles. The molecule has 1 aromatic heterocycles. The van der Waals surface area contributed by atoms with Crippen LogP contribution in [0.15, 0.2) is 24.3 Å². The van der Waals surface area contributed by atoms with Crippen molar-refractivity contribution < 1.29 is 9.59 Å². The highest BCUT2D eigenvalue weighted by Crippen LogP contribution is 2.29. The van der Waals surface area contributed by atoms with Crippen LogP contribution in [0.1, 0.15) is 47.2 Å². The number of amides is 3. The van der Waals surface area contributed by atoms with Crippen LogP contribution in [0.5, 0.6) is 0 Å². The van der Waals surface area contributed by atoms with E-state index in [2.05, 4.69) is 15.7 Å². The lowest BCUT2D eigenvalue weighted by molar-refractivity contribution is -0.117. The Labute approximate surface area is 187 Å². The zero-order chi connectivity index (χ0) is 22.6. The van der Waals surface area contributed by atoms with E-state index >= 15 is 0 Å². The van der Waals surface area contributed by atoms with Crippen LogP contribution in [0, 0.1) is 0 Å². The summed E-state index contributed by atoms with van der Waals surface area (Å²) >= 11 is 12.2. The smallest absolute Gasteiger partial charge is 0.318 e. The number of anilines is 1. The highest BCUT2D eigenvalue weighted by Gasteiger charge is 2.24. The third kappa shape index (κ3) is 5.89. The van der Waals surface area contributed by atoms with Gasteiger partial charge in [-0.15, -0.1) is 0 Å². The summed E-state index contributed by atoms with van der Waals surface area (Å²) in [6.07, 6.45) is 0. The monoisotopic (exact) mass is 453 g/mol. The average Bonchev–Trinajstić information content (AvgIpc) is 3.06. The Balaban J connectivity index is 2.35. The first kappa shape index (κ1) is 24.0. The summed E-state index contributed by atoms with van der Waals surface area (Å²) in [6.45, 7) is 12.1. The molecule has 9 heteroatoms. The first-order valence-electron chi connectivity index (χ1n) is 9.84. The summed E-state index contributed by atoms with van der Waals surface area (Å²) in [7, 11) is 0. The van der Waals surface area contributed by atoms with Gasteiger partial charge in [-0.25, -0.2) is 9.48 Å². The van der Waals surface area contributed by atoms with Crippen molar-refractivity contribution in [2.24, 2.45) is 0 Å². The number of hydrogen-bond acceptors (Lipinski definition) is 3. The molecule has 1 aromatic carbocycles. The quantitative estimate of drug-likeness (QED) is 0.655. The van der Waals surface area contributed by atoms with E-state index < -0.39 is 0 Å². The molecule has 164 valence electrons. The SMILES string of the molecule is CCNC(=O)N(CC(=O)Nc1cc(C(C)(C)C)nn1-c1ccc(Cl)c(Cl)c1)C(C)C. The molecule has 3 amide bonds. The second-order valence-corrected chi connectivity index (χ2v) is 9.09. The van der Waals surface area contributed by atoms with Gasteiger partial charge in [0.1, 0.15) is 12.4 Å². The topological polar surface area (TPSA) is 79.3 Å². The Morgan fingerprint density at radius 3 is 2.37 bits per heavy atom. The van der Waals surface area contributed by atoms with E-state index in [4.69, 9.17) is 23.2 Å². The summed E-state index contributed by atoms with van der Waals surface area (Å²) in [5.74, 6) is 0.166. The lowest BCUT2D eigenvalue weighted by atomic mass is 9.92. The number of nitrogens with zero attached hydrogens (tertiary/aromatic N) is 3. The summed E-state index contributed by atoms with van der Waals surface area (Å²) in [5.41, 5.74) is 1.24. The van der Waals surface area contributed by atoms with Crippen molar-refractivity contribution in [3.63, 3.8) is 0 Å². The Kier molecular flexibility index (Phi) is 7.77. The van der Waals surface area contributed by atoms with Gasteiger partial charge < -0.3 is 15.5 Å². The molecular weight excluding hydrogens is 425 g/mol. The van der Waals surface area contributed by atoms with Gasteiger partial charge in [0, 0.05) is 24.1 Å². The van der Waals surface area contributed by atoms with Gasteiger partial charge in [0.05, 0.1) is 21.4 Å². The highest BCUT2D eigenvalue weighted by molar-refractivity contribution is 6.42. The largest absolute Gasteiger partial charge is 0.338 e. The van der Waals surface area contributed by atoms with Crippen molar-refractivity contribution >= 4 is 41.0 Å². The zero-order valence-corrected chi connectivity index (χ0v) is 19.7. The van der Waals surface area contributed by atoms with Crippen LogP contribution >= 0.6 is 23.2 Å². The summed E-state index contributed by atoms with van der Waals surface area (Å²) in [4.78, 5) is 26.5. The van der Waals surface area contributed by atoms with E-state index in [-0.39, 0.29) is 29.9 Å². The van der Waals surface area contributed by atoms with Gasteiger partial charge in [-0.1, -0.05) is 44.0 Å². The lowest BCUT2D eigenvalue weighted by Crippen LogP contribution is -2.47. The van der Waals surface area contributed by atoms with Crippen molar-refractivity contribution in [2.75, 3.05) is 18.4 Å². The second-order valence-electron chi connectivity index (χ2n) is 8.28. The Morgan fingerprint density at radius 1 is 1.17 bits per heavy atom. The van der Waals surface area contributed by atoms with Gasteiger partial charge in [-0.05, 0) is 39.0 Å². The van der Waals surface area contributed by atoms with Crippen LogP contribution in [-0.2, 0) is 10.2 Å². The van der Waals surface area contributed by atoms with E-state index in [9.17, 15) is 9.59 Å². The van der Waals surface area contributed by atoms with Crippen molar-refractivity contribution in [3.05, 3.63) is 40.0 Å². The number of carbonyl (C=O) groups excluding carboxylic acids is 2. The number of nitrogens with one attached hydrogen (secondary N) is 2. The maximum absolute atomic E-state index is 12.8. The molecule has 7 nitrogen and oxygen atoms in total. The van der Waals surface area contributed by atoms with Gasteiger partial charge >= 0.3 is 6.03 Å². The molecule has 0 bridgehead atoms. The number of rotatable bonds is 6. The summed E-state index contributed by atoms with van der Waals surface area (Å²) in [5, 5.41) is 11.1. The van der Waals surface area contributed by atoms with E-state index in [1.54, 1.807) is 22.9 Å². The minimum Gasteiger partial charge on any atom is -0.338 e. The maximum atomic E-state index is 12.8. The summed E-state index contributed by atoms with van der Waals surface area (Å²) in [6, 6.07) is 6.56. The Morgan fingerprint density at radius 2 is 1.83 bits per heavy atom. The van der Waals surface area contributed by atoms with Crippen LogP contribution in [0.2, 0.25) is 10.0 Å². The minimum atomic E-state index is -0.323. The molecule has 0 aliphatic rings. The predicted molar refractivity (Wildman–Crippen MR) is 122 cm³/mol. The molecule has 0 spiro atoms. The molecule has 0 saturated heterocycles. The van der Waals surface area contributed by atoms with Crippen molar-refractivity contribution in [1.82, 2.24) is 20.0 Å². The number of aromatic nitrogens is 2. The number of halogens is 2. The number of carbonyl (C=O) groups is 2. The summed E-state index contributed by atoms with van der Waals surface area (Å²) < 4.78 is 1.62. The number of benzene rings is 1. The standard InChI is InChI=1S/C21H29Cl2N5O2/c1-7-24-20(30)27(13(2)3)12-19(29)25-18-11-17(21(4,5)6)26-28(18)14-8-9-15(22)16(23)10-14/h8-11,13H,7,12H2,1-6H3,(H,24,30)(H,25,29). The van der Waals surface area contributed by atoms with Gasteiger partial charge in [0.25, 0.3) is 0 Å². The molecule has 0 radical (unpaired) electrons. The third-order valence-electron chi connectivity index (χ3n) is 4.42. The molecule has 0 fully saturated rings. The third-order valence-corrected chi connectivity index (χ3v) is 5.16. The maximum Gasteiger partial charge on any atom is 0.318 e. The van der Waals surface area contributed by atoms with Crippen LogP contribution < -0.4 is 10.6 Å². The molecule has 0 unspecified atom stereocenters. The fourth-order valence-corrected chi connectivity index (χ4v) is 3.02. The molecule has 2 N–H and O–H groups in total. The molecule has 0 saturated carbocycles. The van der Waals surface area contributed by atoms with Crippen LogP contribution in [0.4, 0.5) is 10.6 Å².